The molecular weight excluding hydrogens is 299 g/mol. The fraction of sp³-hybridized carbons (Fsp3) is 0.462. The van der Waals surface area contributed by atoms with E-state index >= 15 is 0 Å². The molecule has 100 valence electrons. The molecule has 3 nitrogen and oxygen atoms in total. The normalized spacial score (nSPS) is 10.4. The van der Waals surface area contributed by atoms with Gasteiger partial charge in [-0.2, -0.15) is 0 Å². The zero-order valence-corrected chi connectivity index (χ0v) is 11.8. The molecule has 0 aliphatic rings. The van der Waals surface area contributed by atoms with E-state index in [-0.39, 0.29) is 11.7 Å². The van der Waals surface area contributed by atoms with Crippen LogP contribution in [0.25, 0.3) is 0 Å². The third-order valence-electron chi connectivity index (χ3n) is 2.56. The Morgan fingerprint density at radius 2 is 2.00 bits per heavy atom. The molecule has 0 aliphatic heterocycles. The topological polar surface area (TPSA) is 55.1 Å². The van der Waals surface area contributed by atoms with Crippen LogP contribution in [0.4, 0.5) is 10.1 Å². The third-order valence-corrected chi connectivity index (χ3v) is 3.25. The zero-order chi connectivity index (χ0) is 13.4. The second-order valence-corrected chi connectivity index (χ2v) is 4.98. The van der Waals surface area contributed by atoms with E-state index in [4.69, 9.17) is 5.73 Å². The zero-order valence-electron chi connectivity index (χ0n) is 10.2. The van der Waals surface area contributed by atoms with Crippen molar-refractivity contribution in [3.63, 3.8) is 0 Å². The first-order valence-corrected chi connectivity index (χ1v) is 6.87. The van der Waals surface area contributed by atoms with Gasteiger partial charge in [0.25, 0.3) is 0 Å². The molecule has 0 saturated heterocycles. The first kappa shape index (κ1) is 15.1. The maximum Gasteiger partial charge on any atom is 0.224 e. The van der Waals surface area contributed by atoms with Crippen LogP contribution in [0.3, 0.4) is 0 Å². The maximum absolute atomic E-state index is 13.0. The van der Waals surface area contributed by atoms with E-state index in [1.807, 2.05) is 0 Å². The molecule has 1 aromatic carbocycles. The lowest BCUT2D eigenvalue weighted by Gasteiger charge is -2.07. The van der Waals surface area contributed by atoms with Crippen LogP contribution < -0.4 is 11.1 Å². The van der Waals surface area contributed by atoms with E-state index in [1.54, 1.807) is 6.07 Å². The lowest BCUT2D eigenvalue weighted by molar-refractivity contribution is -0.116. The largest absolute Gasteiger partial charge is 0.330 e. The summed E-state index contributed by atoms with van der Waals surface area (Å²) in [5.41, 5.74) is 5.86. The third kappa shape index (κ3) is 5.60. The first-order chi connectivity index (χ1) is 8.63. The summed E-state index contributed by atoms with van der Waals surface area (Å²) in [6, 6.07) is 4.22. The van der Waals surface area contributed by atoms with Crippen molar-refractivity contribution in [2.75, 3.05) is 11.9 Å². The number of amides is 1. The molecule has 0 atom stereocenters. The van der Waals surface area contributed by atoms with Gasteiger partial charge >= 0.3 is 0 Å². The Morgan fingerprint density at radius 1 is 1.28 bits per heavy atom. The van der Waals surface area contributed by atoms with Gasteiger partial charge in [-0.1, -0.05) is 12.8 Å². The van der Waals surface area contributed by atoms with E-state index in [2.05, 4.69) is 21.2 Å². The quantitative estimate of drug-likeness (QED) is 0.757. The predicted octanol–water partition coefficient (Wildman–Crippen LogP) is 3.44. The summed E-state index contributed by atoms with van der Waals surface area (Å²) >= 11 is 3.27. The van der Waals surface area contributed by atoms with Crippen LogP contribution in [0, 0.1) is 5.82 Å². The number of unbranched alkanes of at least 4 members (excludes halogenated alkanes) is 3. The van der Waals surface area contributed by atoms with E-state index in [0.29, 0.717) is 23.1 Å². The minimum atomic E-state index is -0.364. The van der Waals surface area contributed by atoms with Gasteiger partial charge in [0.15, 0.2) is 0 Å². The maximum atomic E-state index is 13.0. The van der Waals surface area contributed by atoms with Gasteiger partial charge in [0.1, 0.15) is 5.82 Å². The van der Waals surface area contributed by atoms with Crippen molar-refractivity contribution in [2.45, 2.75) is 32.1 Å². The Hall–Kier alpha value is -0.940. The van der Waals surface area contributed by atoms with Crippen molar-refractivity contribution < 1.29 is 9.18 Å². The highest BCUT2D eigenvalue weighted by molar-refractivity contribution is 9.10. The molecule has 1 amide bonds. The van der Waals surface area contributed by atoms with E-state index in [9.17, 15) is 9.18 Å². The van der Waals surface area contributed by atoms with Crippen molar-refractivity contribution >= 4 is 27.5 Å². The minimum absolute atomic E-state index is 0.0888. The summed E-state index contributed by atoms with van der Waals surface area (Å²) in [5.74, 6) is -0.453. The molecule has 3 N–H and O–H groups in total. The van der Waals surface area contributed by atoms with Crippen molar-refractivity contribution in [1.29, 1.82) is 0 Å². The summed E-state index contributed by atoms with van der Waals surface area (Å²) in [6.45, 7) is 0.697. The lowest BCUT2D eigenvalue weighted by atomic mass is 10.1. The second kappa shape index (κ2) is 8.21. The summed E-state index contributed by atoms with van der Waals surface area (Å²) in [5, 5.41) is 2.69. The number of halogens is 2. The number of anilines is 1. The van der Waals surface area contributed by atoms with E-state index in [1.165, 1.54) is 12.1 Å². The monoisotopic (exact) mass is 316 g/mol. The van der Waals surface area contributed by atoms with Gasteiger partial charge in [-0.3, -0.25) is 4.79 Å². The van der Waals surface area contributed by atoms with Crippen LogP contribution in [0.15, 0.2) is 22.7 Å². The smallest absolute Gasteiger partial charge is 0.224 e. The molecule has 0 saturated carbocycles. The summed E-state index contributed by atoms with van der Waals surface area (Å²) in [7, 11) is 0. The molecule has 18 heavy (non-hydrogen) atoms. The van der Waals surface area contributed by atoms with Crippen molar-refractivity contribution in [2.24, 2.45) is 5.73 Å². The molecule has 1 aromatic rings. The van der Waals surface area contributed by atoms with Crippen LogP contribution in [-0.2, 0) is 4.79 Å². The van der Waals surface area contributed by atoms with Crippen molar-refractivity contribution in [1.82, 2.24) is 0 Å². The SMILES string of the molecule is NCCCCCCC(=O)Nc1cc(F)ccc1Br. The average Bonchev–Trinajstić information content (AvgIpc) is 2.33. The fourth-order valence-corrected chi connectivity index (χ4v) is 1.94. The molecule has 0 radical (unpaired) electrons. The molecule has 0 bridgehead atoms. The number of benzene rings is 1. The molecule has 5 heteroatoms. The second-order valence-electron chi connectivity index (χ2n) is 4.13. The number of rotatable bonds is 7. The van der Waals surface area contributed by atoms with Crippen LogP contribution in [0.2, 0.25) is 0 Å². The molecular formula is C13H18BrFN2O. The van der Waals surface area contributed by atoms with E-state index < -0.39 is 0 Å². The Morgan fingerprint density at radius 3 is 2.72 bits per heavy atom. The predicted molar refractivity (Wildman–Crippen MR) is 74.9 cm³/mol. The standard InChI is InChI=1S/C13H18BrFN2O/c14-11-7-6-10(15)9-12(11)17-13(18)5-3-1-2-4-8-16/h6-7,9H,1-5,8,16H2,(H,17,18). The van der Waals surface area contributed by atoms with Crippen molar-refractivity contribution in [3.05, 3.63) is 28.5 Å². The number of carbonyl (C=O) groups excluding carboxylic acids is 1. The van der Waals surface area contributed by atoms with Gasteiger partial charge in [-0.15, -0.1) is 0 Å². The Balaban J connectivity index is 2.33. The van der Waals surface area contributed by atoms with Crippen LogP contribution in [0.1, 0.15) is 32.1 Å². The van der Waals surface area contributed by atoms with Gasteiger partial charge in [-0.05, 0) is 53.5 Å². The van der Waals surface area contributed by atoms with Gasteiger partial charge in [0.05, 0.1) is 5.69 Å². The molecule has 1 rings (SSSR count). The Bertz CT molecular complexity index is 399. The lowest BCUT2D eigenvalue weighted by Crippen LogP contribution is -2.11. The summed E-state index contributed by atoms with van der Waals surface area (Å²) < 4.78 is 13.7. The van der Waals surface area contributed by atoms with Crippen LogP contribution >= 0.6 is 15.9 Å². The molecule has 0 aromatic heterocycles. The highest BCUT2D eigenvalue weighted by Crippen LogP contribution is 2.23. The van der Waals surface area contributed by atoms with Crippen LogP contribution in [-0.4, -0.2) is 12.5 Å². The number of hydrogen-bond donors (Lipinski definition) is 2. The van der Waals surface area contributed by atoms with Gasteiger partial charge < -0.3 is 11.1 Å². The number of hydrogen-bond acceptors (Lipinski definition) is 2. The summed E-state index contributed by atoms with van der Waals surface area (Å²) in [4.78, 5) is 11.6. The van der Waals surface area contributed by atoms with Crippen molar-refractivity contribution in [3.8, 4) is 0 Å². The Kier molecular flexibility index (Phi) is 6.90. The number of carbonyl (C=O) groups is 1. The number of nitrogens with one attached hydrogen (secondary N) is 1. The molecule has 0 heterocycles. The summed E-state index contributed by atoms with van der Waals surface area (Å²) in [6.07, 6.45) is 4.33. The van der Waals surface area contributed by atoms with Gasteiger partial charge in [0, 0.05) is 10.9 Å². The highest BCUT2D eigenvalue weighted by atomic mass is 79.9. The van der Waals surface area contributed by atoms with Crippen LogP contribution in [0.5, 0.6) is 0 Å². The molecule has 0 fully saturated rings. The molecule has 0 unspecified atom stereocenters. The highest BCUT2D eigenvalue weighted by Gasteiger charge is 2.06. The fourth-order valence-electron chi connectivity index (χ4n) is 1.59. The first-order valence-electron chi connectivity index (χ1n) is 6.08. The average molecular weight is 317 g/mol. The van der Waals surface area contributed by atoms with Gasteiger partial charge in [-0.25, -0.2) is 4.39 Å². The molecule has 0 aliphatic carbocycles. The number of nitrogens with two attached hydrogens (primary N) is 1. The minimum Gasteiger partial charge on any atom is -0.330 e. The Labute approximate surface area is 115 Å². The molecule has 0 spiro atoms. The van der Waals surface area contributed by atoms with E-state index in [0.717, 1.165) is 25.7 Å². The van der Waals surface area contributed by atoms with Gasteiger partial charge in [0.2, 0.25) is 5.91 Å².